The van der Waals surface area contributed by atoms with Gasteiger partial charge in [0.2, 0.25) is 5.91 Å². The van der Waals surface area contributed by atoms with Crippen molar-refractivity contribution in [2.45, 2.75) is 25.2 Å². The van der Waals surface area contributed by atoms with Crippen LogP contribution in [0.15, 0.2) is 18.2 Å². The summed E-state index contributed by atoms with van der Waals surface area (Å²) in [5.41, 5.74) is 2.53. The van der Waals surface area contributed by atoms with Crippen molar-refractivity contribution in [2.75, 3.05) is 18.5 Å². The summed E-state index contributed by atoms with van der Waals surface area (Å²) < 4.78 is 5.22. The second-order valence-corrected chi connectivity index (χ2v) is 5.05. The van der Waals surface area contributed by atoms with Gasteiger partial charge < -0.3 is 10.1 Å². The lowest BCUT2D eigenvalue weighted by Gasteiger charge is -2.40. The second kappa shape index (κ2) is 3.92. The summed E-state index contributed by atoms with van der Waals surface area (Å²) in [6.45, 7) is 2.55. The second-order valence-electron chi connectivity index (χ2n) is 5.05. The molecule has 1 aromatic rings. The number of Topliss-reactive ketones (excluding diaryl/α,β-unsaturated/α-hetero) is 1. The number of amides is 1. The number of nitrogens with one attached hydrogen (secondary N) is 1. The van der Waals surface area contributed by atoms with Gasteiger partial charge in [-0.3, -0.25) is 9.59 Å². The molecule has 0 aromatic heterocycles. The predicted octanol–water partition coefficient (Wildman–Crippen LogP) is 1.43. The molecule has 0 aliphatic carbocycles. The van der Waals surface area contributed by atoms with Gasteiger partial charge in [0.15, 0.2) is 0 Å². The Balaban J connectivity index is 2.00. The molecule has 1 amide bonds. The molecule has 2 aliphatic heterocycles. The standard InChI is InChI=1S/C14H15NO3/c1-9(16)14(7-18-8-14)11-3-4-12-10(6-11)2-5-13(17)15-12/h3-4,6H,2,5,7-8H2,1H3,(H,15,17). The first kappa shape index (κ1) is 11.4. The molecule has 0 unspecified atom stereocenters. The van der Waals surface area contributed by atoms with E-state index >= 15 is 0 Å². The summed E-state index contributed by atoms with van der Waals surface area (Å²) in [6, 6.07) is 5.86. The number of anilines is 1. The molecule has 4 nitrogen and oxygen atoms in total. The Hall–Kier alpha value is -1.68. The third kappa shape index (κ3) is 1.56. The Bertz CT molecular complexity index is 532. The molecule has 0 spiro atoms. The molecule has 0 saturated carbocycles. The van der Waals surface area contributed by atoms with Crippen LogP contribution in [0, 0.1) is 0 Å². The SMILES string of the molecule is CC(=O)C1(c2ccc3c(c2)CCC(=O)N3)COC1. The number of hydrogen-bond acceptors (Lipinski definition) is 3. The molecule has 2 aliphatic rings. The minimum Gasteiger partial charge on any atom is -0.378 e. The molecule has 3 rings (SSSR count). The summed E-state index contributed by atoms with van der Waals surface area (Å²) in [5, 5.41) is 2.85. The van der Waals surface area contributed by atoms with Crippen molar-refractivity contribution < 1.29 is 14.3 Å². The third-order valence-electron chi connectivity index (χ3n) is 3.92. The van der Waals surface area contributed by atoms with Gasteiger partial charge in [-0.25, -0.2) is 0 Å². The van der Waals surface area contributed by atoms with E-state index in [1.54, 1.807) is 6.92 Å². The lowest BCUT2D eigenvalue weighted by molar-refractivity contribution is -0.140. The molecule has 1 fully saturated rings. The highest BCUT2D eigenvalue weighted by atomic mass is 16.5. The summed E-state index contributed by atoms with van der Waals surface area (Å²) in [6.07, 6.45) is 1.25. The van der Waals surface area contributed by atoms with E-state index in [9.17, 15) is 9.59 Å². The summed E-state index contributed by atoms with van der Waals surface area (Å²) >= 11 is 0. The lowest BCUT2D eigenvalue weighted by atomic mass is 9.74. The van der Waals surface area contributed by atoms with Crippen molar-refractivity contribution in [3.63, 3.8) is 0 Å². The zero-order valence-electron chi connectivity index (χ0n) is 10.3. The molecule has 0 radical (unpaired) electrons. The van der Waals surface area contributed by atoms with Gasteiger partial charge in [0.1, 0.15) is 11.2 Å². The Morgan fingerprint density at radius 3 is 2.72 bits per heavy atom. The molecular weight excluding hydrogens is 230 g/mol. The fourth-order valence-electron chi connectivity index (χ4n) is 2.56. The molecule has 1 saturated heterocycles. The zero-order chi connectivity index (χ0) is 12.8. The molecule has 2 heterocycles. The van der Waals surface area contributed by atoms with Crippen LogP contribution in [0.1, 0.15) is 24.5 Å². The van der Waals surface area contributed by atoms with Crippen LogP contribution in [0.2, 0.25) is 0 Å². The van der Waals surface area contributed by atoms with Crippen LogP contribution >= 0.6 is 0 Å². The molecule has 0 atom stereocenters. The number of aryl methyl sites for hydroxylation is 1. The maximum absolute atomic E-state index is 11.8. The van der Waals surface area contributed by atoms with Gasteiger partial charge in [-0.2, -0.15) is 0 Å². The fourth-order valence-corrected chi connectivity index (χ4v) is 2.56. The number of ketones is 1. The van der Waals surface area contributed by atoms with Gasteiger partial charge in [0.25, 0.3) is 0 Å². The minimum atomic E-state index is -0.462. The molecular formula is C14H15NO3. The summed E-state index contributed by atoms with van der Waals surface area (Å²) in [7, 11) is 0. The van der Waals surface area contributed by atoms with Crippen molar-refractivity contribution in [3.8, 4) is 0 Å². The average molecular weight is 245 g/mol. The third-order valence-corrected chi connectivity index (χ3v) is 3.92. The van der Waals surface area contributed by atoms with E-state index in [4.69, 9.17) is 4.74 Å². The highest BCUT2D eigenvalue weighted by Crippen LogP contribution is 2.36. The maximum atomic E-state index is 11.8. The Labute approximate surface area is 105 Å². The van der Waals surface area contributed by atoms with Crippen molar-refractivity contribution in [3.05, 3.63) is 29.3 Å². The van der Waals surface area contributed by atoms with Crippen LogP contribution in [0.5, 0.6) is 0 Å². The van der Waals surface area contributed by atoms with E-state index in [2.05, 4.69) is 5.32 Å². The topological polar surface area (TPSA) is 55.4 Å². The Morgan fingerprint density at radius 1 is 1.33 bits per heavy atom. The first-order valence-electron chi connectivity index (χ1n) is 6.14. The Morgan fingerprint density at radius 2 is 2.11 bits per heavy atom. The summed E-state index contributed by atoms with van der Waals surface area (Å²) in [4.78, 5) is 23.1. The van der Waals surface area contributed by atoms with Crippen molar-refractivity contribution in [2.24, 2.45) is 0 Å². The zero-order valence-corrected chi connectivity index (χ0v) is 10.3. The minimum absolute atomic E-state index is 0.0588. The van der Waals surface area contributed by atoms with Crippen LogP contribution in [0.3, 0.4) is 0 Å². The van der Waals surface area contributed by atoms with Gasteiger partial charge in [0.05, 0.1) is 13.2 Å². The smallest absolute Gasteiger partial charge is 0.224 e. The molecule has 0 bridgehead atoms. The van der Waals surface area contributed by atoms with E-state index in [1.807, 2.05) is 18.2 Å². The quantitative estimate of drug-likeness (QED) is 0.857. The normalized spacial score (nSPS) is 20.6. The van der Waals surface area contributed by atoms with Crippen molar-refractivity contribution in [1.29, 1.82) is 0 Å². The number of hydrogen-bond donors (Lipinski definition) is 1. The van der Waals surface area contributed by atoms with Crippen LogP contribution in [-0.4, -0.2) is 24.9 Å². The maximum Gasteiger partial charge on any atom is 0.224 e. The van der Waals surface area contributed by atoms with Gasteiger partial charge in [-0.05, 0) is 30.5 Å². The number of benzene rings is 1. The monoisotopic (exact) mass is 245 g/mol. The van der Waals surface area contributed by atoms with Gasteiger partial charge in [-0.15, -0.1) is 0 Å². The Kier molecular flexibility index (Phi) is 2.48. The van der Waals surface area contributed by atoms with Crippen LogP contribution in [-0.2, 0) is 26.2 Å². The highest BCUT2D eigenvalue weighted by molar-refractivity contribution is 5.94. The van der Waals surface area contributed by atoms with Gasteiger partial charge in [0, 0.05) is 12.1 Å². The molecule has 4 heteroatoms. The van der Waals surface area contributed by atoms with Gasteiger partial charge in [-0.1, -0.05) is 12.1 Å². The molecule has 18 heavy (non-hydrogen) atoms. The number of fused-ring (bicyclic) bond motifs is 1. The van der Waals surface area contributed by atoms with Crippen LogP contribution in [0.4, 0.5) is 5.69 Å². The first-order chi connectivity index (χ1) is 8.62. The first-order valence-corrected chi connectivity index (χ1v) is 6.14. The number of ether oxygens (including phenoxy) is 1. The van der Waals surface area contributed by atoms with E-state index < -0.39 is 5.41 Å². The lowest BCUT2D eigenvalue weighted by Crippen LogP contribution is -2.52. The average Bonchev–Trinajstić information content (AvgIpc) is 2.27. The van der Waals surface area contributed by atoms with Crippen LogP contribution < -0.4 is 5.32 Å². The van der Waals surface area contributed by atoms with E-state index in [0.717, 1.165) is 23.2 Å². The number of rotatable bonds is 2. The number of carbonyl (C=O) groups is 2. The predicted molar refractivity (Wildman–Crippen MR) is 66.6 cm³/mol. The molecule has 1 N–H and O–H groups in total. The van der Waals surface area contributed by atoms with Crippen molar-refractivity contribution in [1.82, 2.24) is 0 Å². The van der Waals surface area contributed by atoms with E-state index in [-0.39, 0.29) is 11.7 Å². The van der Waals surface area contributed by atoms with Crippen molar-refractivity contribution >= 4 is 17.4 Å². The van der Waals surface area contributed by atoms with E-state index in [1.165, 1.54) is 0 Å². The largest absolute Gasteiger partial charge is 0.378 e. The molecule has 94 valence electrons. The number of carbonyl (C=O) groups excluding carboxylic acids is 2. The van der Waals surface area contributed by atoms with Gasteiger partial charge >= 0.3 is 0 Å². The van der Waals surface area contributed by atoms with Crippen LogP contribution in [0.25, 0.3) is 0 Å². The summed E-state index contributed by atoms with van der Waals surface area (Å²) in [5.74, 6) is 0.206. The van der Waals surface area contributed by atoms with E-state index in [0.29, 0.717) is 19.6 Å². The fraction of sp³-hybridized carbons (Fsp3) is 0.429. The molecule has 1 aromatic carbocycles. The highest BCUT2D eigenvalue weighted by Gasteiger charge is 2.45.